The summed E-state index contributed by atoms with van der Waals surface area (Å²) in [7, 11) is 4.86. The molecular formula is C18H22NO5+. The van der Waals surface area contributed by atoms with Gasteiger partial charge >= 0.3 is 0 Å². The number of hydrogen-bond acceptors (Lipinski definition) is 5. The quantitative estimate of drug-likeness (QED) is 0.836. The lowest BCUT2D eigenvalue weighted by molar-refractivity contribution is -0.686. The average Bonchev–Trinajstić information content (AvgIpc) is 3.08. The molecule has 0 aromatic heterocycles. The third kappa shape index (κ3) is 3.19. The van der Waals surface area contributed by atoms with Crippen LogP contribution in [0.4, 0.5) is 0 Å². The lowest BCUT2D eigenvalue weighted by Gasteiger charge is -2.15. The van der Waals surface area contributed by atoms with E-state index in [-0.39, 0.29) is 0 Å². The van der Waals surface area contributed by atoms with Crippen LogP contribution in [0.25, 0.3) is 0 Å². The van der Waals surface area contributed by atoms with Crippen molar-refractivity contribution < 1.29 is 29.0 Å². The molecule has 2 N–H and O–H groups in total. The number of ether oxygens (including phenoxy) is 5. The van der Waals surface area contributed by atoms with E-state index < -0.39 is 0 Å². The molecule has 0 amide bonds. The zero-order valence-corrected chi connectivity index (χ0v) is 14.1. The molecule has 1 aliphatic rings. The van der Waals surface area contributed by atoms with E-state index in [2.05, 4.69) is 11.4 Å². The molecule has 0 saturated heterocycles. The van der Waals surface area contributed by atoms with Crippen LogP contribution < -0.4 is 29.0 Å². The maximum atomic E-state index is 5.51. The van der Waals surface area contributed by atoms with Crippen molar-refractivity contribution in [3.8, 4) is 28.7 Å². The minimum absolute atomic E-state index is 0.297. The summed E-state index contributed by atoms with van der Waals surface area (Å²) in [5, 5.41) is 2.20. The second-order valence-electron chi connectivity index (χ2n) is 5.38. The summed E-state index contributed by atoms with van der Waals surface area (Å²) in [6.07, 6.45) is 0. The monoisotopic (exact) mass is 332 g/mol. The zero-order valence-electron chi connectivity index (χ0n) is 14.1. The maximum Gasteiger partial charge on any atom is 0.231 e. The summed E-state index contributed by atoms with van der Waals surface area (Å²) in [6.45, 7) is 1.89. The van der Waals surface area contributed by atoms with Gasteiger partial charge in [0.2, 0.25) is 12.5 Å². The lowest BCUT2D eigenvalue weighted by atomic mass is 10.1. The highest BCUT2D eigenvalue weighted by atomic mass is 16.7. The van der Waals surface area contributed by atoms with Gasteiger partial charge in [0.25, 0.3) is 0 Å². The van der Waals surface area contributed by atoms with Crippen molar-refractivity contribution >= 4 is 0 Å². The molecule has 1 aliphatic heterocycles. The molecule has 6 heteroatoms. The summed E-state index contributed by atoms with van der Waals surface area (Å²) in [6, 6.07) is 9.91. The van der Waals surface area contributed by atoms with Crippen molar-refractivity contribution in [1.29, 1.82) is 0 Å². The van der Waals surface area contributed by atoms with Crippen LogP contribution in [0.5, 0.6) is 28.7 Å². The molecule has 0 saturated carbocycles. The molecule has 0 atom stereocenters. The molecule has 0 radical (unpaired) electrons. The summed E-state index contributed by atoms with van der Waals surface area (Å²) in [4.78, 5) is 0. The van der Waals surface area contributed by atoms with Crippen LogP contribution in [0.3, 0.4) is 0 Å². The Morgan fingerprint density at radius 3 is 2.42 bits per heavy atom. The summed E-state index contributed by atoms with van der Waals surface area (Å²) in [5.41, 5.74) is 2.23. The molecule has 24 heavy (non-hydrogen) atoms. The molecule has 0 fully saturated rings. The predicted molar refractivity (Wildman–Crippen MR) is 88.0 cm³/mol. The Labute approximate surface area is 141 Å². The van der Waals surface area contributed by atoms with Gasteiger partial charge in [-0.15, -0.1) is 0 Å². The largest absolute Gasteiger partial charge is 0.493 e. The van der Waals surface area contributed by atoms with Gasteiger partial charge < -0.3 is 29.0 Å². The van der Waals surface area contributed by atoms with E-state index in [0.29, 0.717) is 24.0 Å². The van der Waals surface area contributed by atoms with E-state index in [4.69, 9.17) is 23.7 Å². The number of nitrogens with two attached hydrogens (primary N) is 1. The van der Waals surface area contributed by atoms with Crippen LogP contribution in [0.2, 0.25) is 0 Å². The fourth-order valence-electron chi connectivity index (χ4n) is 2.79. The van der Waals surface area contributed by atoms with Crippen LogP contribution in [-0.4, -0.2) is 28.1 Å². The van der Waals surface area contributed by atoms with Crippen molar-refractivity contribution in [2.75, 3.05) is 28.1 Å². The summed E-state index contributed by atoms with van der Waals surface area (Å²) in [5.74, 6) is 3.60. The van der Waals surface area contributed by atoms with E-state index >= 15 is 0 Å². The Balaban J connectivity index is 1.68. The molecule has 0 aliphatic carbocycles. The first-order valence-electron chi connectivity index (χ1n) is 7.75. The molecule has 1 heterocycles. The Bertz CT molecular complexity index is 717. The first-order valence-corrected chi connectivity index (χ1v) is 7.75. The number of rotatable bonds is 7. The van der Waals surface area contributed by atoms with Gasteiger partial charge in [-0.1, -0.05) is 0 Å². The van der Waals surface area contributed by atoms with Gasteiger partial charge in [0.15, 0.2) is 23.0 Å². The van der Waals surface area contributed by atoms with Gasteiger partial charge in [-0.2, -0.15) is 0 Å². The van der Waals surface area contributed by atoms with Gasteiger partial charge in [-0.3, -0.25) is 0 Å². The zero-order chi connectivity index (χ0) is 16.9. The molecule has 2 aromatic rings. The van der Waals surface area contributed by atoms with Crippen molar-refractivity contribution in [3.63, 3.8) is 0 Å². The lowest BCUT2D eigenvalue weighted by Crippen LogP contribution is -2.80. The molecule has 6 nitrogen and oxygen atoms in total. The van der Waals surface area contributed by atoms with Gasteiger partial charge in [0.1, 0.15) is 13.1 Å². The van der Waals surface area contributed by atoms with E-state index in [1.54, 1.807) is 21.3 Å². The fraction of sp³-hybridized carbons (Fsp3) is 0.333. The number of quaternary nitrogens is 1. The molecular weight excluding hydrogens is 310 g/mol. The molecule has 0 unspecified atom stereocenters. The number of fused-ring (bicyclic) bond motifs is 1. The van der Waals surface area contributed by atoms with Gasteiger partial charge in [0.05, 0.1) is 26.9 Å². The van der Waals surface area contributed by atoms with Crippen LogP contribution in [0, 0.1) is 0 Å². The van der Waals surface area contributed by atoms with E-state index in [1.165, 1.54) is 5.56 Å². The Morgan fingerprint density at radius 1 is 0.875 bits per heavy atom. The van der Waals surface area contributed by atoms with Gasteiger partial charge in [0, 0.05) is 5.56 Å². The topological polar surface area (TPSA) is 62.8 Å². The SMILES string of the molecule is COc1ccc(C[NH2+]Cc2ccc3c(c2)OCO3)c(OC)c1OC. The fourth-order valence-corrected chi connectivity index (χ4v) is 2.79. The summed E-state index contributed by atoms with van der Waals surface area (Å²) < 4.78 is 27.0. The highest BCUT2D eigenvalue weighted by Gasteiger charge is 2.17. The van der Waals surface area contributed by atoms with Crippen LogP contribution in [-0.2, 0) is 13.1 Å². The first kappa shape index (κ1) is 16.3. The molecule has 3 rings (SSSR count). The van der Waals surface area contributed by atoms with Crippen molar-refractivity contribution in [1.82, 2.24) is 0 Å². The van der Waals surface area contributed by atoms with Crippen molar-refractivity contribution in [3.05, 3.63) is 41.5 Å². The molecule has 2 aromatic carbocycles. The van der Waals surface area contributed by atoms with Crippen LogP contribution in [0.1, 0.15) is 11.1 Å². The maximum absolute atomic E-state index is 5.51. The van der Waals surface area contributed by atoms with E-state index in [0.717, 1.165) is 30.2 Å². The Morgan fingerprint density at radius 2 is 1.67 bits per heavy atom. The van der Waals surface area contributed by atoms with Crippen LogP contribution in [0.15, 0.2) is 30.3 Å². The second kappa shape index (κ2) is 7.31. The third-order valence-corrected chi connectivity index (χ3v) is 3.97. The molecule has 0 bridgehead atoms. The summed E-state index contributed by atoms with van der Waals surface area (Å²) >= 11 is 0. The Hall–Kier alpha value is -2.60. The number of hydrogen-bond donors (Lipinski definition) is 1. The standard InChI is InChI=1S/C18H21NO5/c1-20-15-7-5-13(17(21-2)18(15)22-3)10-19-9-12-4-6-14-16(8-12)24-11-23-14/h4-8,19H,9-11H2,1-3H3/p+1. The predicted octanol–water partition coefficient (Wildman–Crippen LogP) is 1.70. The number of benzene rings is 2. The van der Waals surface area contributed by atoms with Gasteiger partial charge in [-0.05, 0) is 30.3 Å². The molecule has 0 spiro atoms. The highest BCUT2D eigenvalue weighted by molar-refractivity contribution is 5.55. The van der Waals surface area contributed by atoms with E-state index in [9.17, 15) is 0 Å². The third-order valence-electron chi connectivity index (χ3n) is 3.97. The van der Waals surface area contributed by atoms with Crippen molar-refractivity contribution in [2.45, 2.75) is 13.1 Å². The Kier molecular flexibility index (Phi) is 4.96. The number of methoxy groups -OCH3 is 3. The first-order chi connectivity index (χ1) is 11.8. The molecule has 128 valence electrons. The normalized spacial score (nSPS) is 12.1. The van der Waals surface area contributed by atoms with E-state index in [1.807, 2.05) is 24.3 Å². The second-order valence-corrected chi connectivity index (χ2v) is 5.38. The smallest absolute Gasteiger partial charge is 0.231 e. The minimum atomic E-state index is 0.297. The highest BCUT2D eigenvalue weighted by Crippen LogP contribution is 2.39. The van der Waals surface area contributed by atoms with Crippen LogP contribution >= 0.6 is 0 Å². The average molecular weight is 332 g/mol. The minimum Gasteiger partial charge on any atom is -0.493 e. The van der Waals surface area contributed by atoms with Gasteiger partial charge in [-0.25, -0.2) is 0 Å². The van der Waals surface area contributed by atoms with Crippen molar-refractivity contribution in [2.24, 2.45) is 0 Å².